The van der Waals surface area contributed by atoms with E-state index in [1.54, 1.807) is 4.90 Å². The Morgan fingerprint density at radius 2 is 1.81 bits per heavy atom. The Balaban J connectivity index is 2.12. The number of piperidine rings is 1. The van der Waals surface area contributed by atoms with Gasteiger partial charge in [-0.2, -0.15) is 0 Å². The van der Waals surface area contributed by atoms with E-state index in [1.165, 1.54) is 0 Å². The minimum absolute atomic E-state index is 0.0610. The molecule has 26 heavy (non-hydrogen) atoms. The van der Waals surface area contributed by atoms with E-state index in [0.29, 0.717) is 18.8 Å². The number of hydrogen-bond acceptors (Lipinski definition) is 3. The molecule has 0 bridgehead atoms. The first kappa shape index (κ1) is 18.6. The van der Waals surface area contributed by atoms with Crippen molar-refractivity contribution in [3.05, 3.63) is 35.6 Å². The molecule has 1 aliphatic carbocycles. The maximum Gasteiger partial charge on any atom is 0.249 e. The number of carbonyl (C=O) groups excluding carboxylic acids is 3. The maximum atomic E-state index is 12.9. The van der Waals surface area contributed by atoms with Crippen molar-refractivity contribution in [2.24, 2.45) is 16.7 Å². The van der Waals surface area contributed by atoms with Gasteiger partial charge in [0.1, 0.15) is 6.04 Å². The van der Waals surface area contributed by atoms with Gasteiger partial charge in [0, 0.05) is 22.9 Å². The van der Waals surface area contributed by atoms with Gasteiger partial charge in [0.15, 0.2) is 0 Å². The molecule has 1 N–H and O–H groups in total. The summed E-state index contributed by atoms with van der Waals surface area (Å²) in [7, 11) is 0. The van der Waals surface area contributed by atoms with Crippen molar-refractivity contribution >= 4 is 17.7 Å². The van der Waals surface area contributed by atoms with Crippen LogP contribution in [0.4, 0.5) is 0 Å². The average Bonchev–Trinajstić information content (AvgIpc) is 2.87. The summed E-state index contributed by atoms with van der Waals surface area (Å²) >= 11 is 0. The summed E-state index contributed by atoms with van der Waals surface area (Å²) in [5, 5.41) is 2.38. The fourth-order valence-electron chi connectivity index (χ4n) is 3.90. The largest absolute Gasteiger partial charge is 0.300 e. The van der Waals surface area contributed by atoms with Gasteiger partial charge in [0.05, 0.1) is 6.42 Å². The quantitative estimate of drug-likeness (QED) is 0.611. The van der Waals surface area contributed by atoms with Crippen molar-refractivity contribution in [3.8, 4) is 0 Å². The first-order valence-electron chi connectivity index (χ1n) is 9.34. The minimum atomic E-state index is -0.611. The van der Waals surface area contributed by atoms with Crippen molar-refractivity contribution in [2.75, 3.05) is 0 Å². The van der Waals surface area contributed by atoms with Gasteiger partial charge in [-0.1, -0.05) is 52.8 Å². The number of rotatable bonds is 2. The van der Waals surface area contributed by atoms with Gasteiger partial charge in [-0.3, -0.25) is 24.6 Å². The highest BCUT2D eigenvalue weighted by molar-refractivity contribution is 6.02. The van der Waals surface area contributed by atoms with Crippen LogP contribution in [0.3, 0.4) is 0 Å². The first-order chi connectivity index (χ1) is 12.0. The number of amides is 3. The molecule has 3 amide bonds. The Morgan fingerprint density at radius 3 is 2.42 bits per heavy atom. The molecule has 0 aromatic carbocycles. The lowest BCUT2D eigenvalue weighted by Crippen LogP contribution is -2.52. The molecule has 0 aromatic rings. The Labute approximate surface area is 155 Å². The Morgan fingerprint density at radius 1 is 1.12 bits per heavy atom. The van der Waals surface area contributed by atoms with Crippen LogP contribution < -0.4 is 5.32 Å². The molecule has 0 saturated carbocycles. The van der Waals surface area contributed by atoms with Crippen molar-refractivity contribution in [1.29, 1.82) is 0 Å². The van der Waals surface area contributed by atoms with Crippen molar-refractivity contribution < 1.29 is 14.4 Å². The van der Waals surface area contributed by atoms with Gasteiger partial charge in [0.25, 0.3) is 0 Å². The van der Waals surface area contributed by atoms with E-state index >= 15 is 0 Å². The number of nitrogens with one attached hydrogen (secondary N) is 1. The molecule has 1 saturated heterocycles. The number of carbonyl (C=O) groups is 3. The Kier molecular flexibility index (Phi) is 4.45. The van der Waals surface area contributed by atoms with E-state index in [9.17, 15) is 14.4 Å². The van der Waals surface area contributed by atoms with Crippen molar-refractivity contribution in [2.45, 2.75) is 59.9 Å². The molecule has 2 atom stereocenters. The van der Waals surface area contributed by atoms with Crippen LogP contribution in [0.2, 0.25) is 0 Å². The Hall–Kier alpha value is -2.17. The predicted molar refractivity (Wildman–Crippen MR) is 99.7 cm³/mol. The van der Waals surface area contributed by atoms with E-state index in [0.717, 1.165) is 11.3 Å². The lowest BCUT2D eigenvalue weighted by atomic mass is 9.69. The van der Waals surface area contributed by atoms with Crippen LogP contribution in [0, 0.1) is 16.7 Å². The Bertz CT molecular complexity index is 757. The number of allylic oxidation sites excluding steroid dienone is 4. The SMILES string of the molecule is CC(C)C1(C)/C=C\C(C)(C)/C=C\C2=C1CC(=O)N2C1CCC(=O)NC1=O. The smallest absolute Gasteiger partial charge is 0.249 e. The third-order valence-electron chi connectivity index (χ3n) is 6.07. The van der Waals surface area contributed by atoms with Crippen LogP contribution in [0.15, 0.2) is 35.6 Å². The van der Waals surface area contributed by atoms with E-state index in [2.05, 4.69) is 58.2 Å². The standard InChI is InChI=1S/C21H28N2O3/c1-13(2)21(5)11-10-20(3,4)9-8-15-14(21)12-18(25)23(15)16-6-7-17(24)22-19(16)26/h8-11,13,16H,6-7,12H2,1-5H3,(H,22,24,26)/b9-8-,11-10-. The second-order valence-corrected chi connectivity index (χ2v) is 8.70. The maximum absolute atomic E-state index is 12.9. The summed E-state index contributed by atoms with van der Waals surface area (Å²) in [6.07, 6.45) is 9.45. The van der Waals surface area contributed by atoms with Crippen LogP contribution in [-0.2, 0) is 14.4 Å². The number of imide groups is 1. The summed E-state index contributed by atoms with van der Waals surface area (Å²) in [5.41, 5.74) is 1.49. The first-order valence-corrected chi connectivity index (χ1v) is 9.34. The number of nitrogens with zero attached hydrogens (tertiary/aromatic N) is 1. The molecular weight excluding hydrogens is 328 g/mol. The summed E-state index contributed by atoms with van der Waals surface area (Å²) < 4.78 is 0. The summed E-state index contributed by atoms with van der Waals surface area (Å²) in [6.45, 7) is 10.7. The van der Waals surface area contributed by atoms with Crippen molar-refractivity contribution in [3.63, 3.8) is 0 Å². The average molecular weight is 356 g/mol. The third kappa shape index (κ3) is 3.04. The molecule has 0 radical (unpaired) electrons. The molecule has 0 spiro atoms. The van der Waals surface area contributed by atoms with Gasteiger partial charge in [-0.05, 0) is 24.0 Å². The predicted octanol–water partition coefficient (Wildman–Crippen LogP) is 3.09. The topological polar surface area (TPSA) is 66.5 Å². The van der Waals surface area contributed by atoms with Gasteiger partial charge in [0.2, 0.25) is 17.7 Å². The van der Waals surface area contributed by atoms with E-state index in [4.69, 9.17) is 0 Å². The fraction of sp³-hybridized carbons (Fsp3) is 0.571. The summed E-state index contributed by atoms with van der Waals surface area (Å²) in [5.74, 6) is -0.397. The van der Waals surface area contributed by atoms with Crippen molar-refractivity contribution in [1.82, 2.24) is 10.2 Å². The lowest BCUT2D eigenvalue weighted by molar-refractivity contribution is -0.142. The highest BCUT2D eigenvalue weighted by Gasteiger charge is 2.45. The highest BCUT2D eigenvalue weighted by atomic mass is 16.2. The molecule has 0 aromatic heterocycles. The number of hydrogen-bond donors (Lipinski definition) is 1. The van der Waals surface area contributed by atoms with Gasteiger partial charge < -0.3 is 0 Å². The molecule has 5 nitrogen and oxygen atoms in total. The second kappa shape index (κ2) is 6.22. The van der Waals surface area contributed by atoms with Crippen LogP contribution >= 0.6 is 0 Å². The van der Waals surface area contributed by atoms with E-state index in [-0.39, 0.29) is 35.0 Å². The van der Waals surface area contributed by atoms with Crippen LogP contribution in [0.25, 0.3) is 0 Å². The minimum Gasteiger partial charge on any atom is -0.300 e. The highest BCUT2D eigenvalue weighted by Crippen LogP contribution is 2.47. The van der Waals surface area contributed by atoms with E-state index < -0.39 is 6.04 Å². The van der Waals surface area contributed by atoms with Crippen LogP contribution in [0.5, 0.6) is 0 Å². The normalized spacial score (nSPS) is 33.7. The van der Waals surface area contributed by atoms with E-state index in [1.807, 2.05) is 6.08 Å². The molecule has 140 valence electrons. The van der Waals surface area contributed by atoms with Gasteiger partial charge in [-0.25, -0.2) is 0 Å². The third-order valence-corrected chi connectivity index (χ3v) is 6.07. The zero-order valence-electron chi connectivity index (χ0n) is 16.3. The molecule has 3 aliphatic rings. The van der Waals surface area contributed by atoms with Crippen LogP contribution in [-0.4, -0.2) is 28.7 Å². The fourth-order valence-corrected chi connectivity index (χ4v) is 3.90. The zero-order valence-corrected chi connectivity index (χ0v) is 16.3. The van der Waals surface area contributed by atoms with Crippen LogP contribution in [0.1, 0.15) is 53.9 Å². The molecular formula is C21H28N2O3. The monoisotopic (exact) mass is 356 g/mol. The summed E-state index contributed by atoms with van der Waals surface area (Å²) in [4.78, 5) is 38.5. The van der Waals surface area contributed by atoms with Gasteiger partial charge in [-0.15, -0.1) is 0 Å². The zero-order chi connectivity index (χ0) is 19.3. The molecule has 3 rings (SSSR count). The molecule has 2 heterocycles. The van der Waals surface area contributed by atoms with Gasteiger partial charge >= 0.3 is 0 Å². The molecule has 1 fully saturated rings. The molecule has 2 unspecified atom stereocenters. The molecule has 2 aliphatic heterocycles. The molecule has 5 heteroatoms. The summed E-state index contributed by atoms with van der Waals surface area (Å²) in [6, 6.07) is -0.611. The second-order valence-electron chi connectivity index (χ2n) is 8.70. The lowest BCUT2D eigenvalue weighted by Gasteiger charge is -2.36.